The van der Waals surface area contributed by atoms with E-state index in [1.807, 2.05) is 11.8 Å². The van der Waals surface area contributed by atoms with Crippen LogP contribution in [-0.4, -0.2) is 69.6 Å². The summed E-state index contributed by atoms with van der Waals surface area (Å²) in [5.74, 6) is 2.76. The molecule has 2 aliphatic heterocycles. The molecule has 0 N–H and O–H groups in total. The van der Waals surface area contributed by atoms with E-state index in [4.69, 9.17) is 4.74 Å². The van der Waals surface area contributed by atoms with Gasteiger partial charge in [-0.25, -0.2) is 9.67 Å². The SMILES string of the molecule is COCc1nsc(N2CCN(CCn3nc4c(cc3=O)CSCC4)CC2)n1. The molecule has 2 aromatic rings. The summed E-state index contributed by atoms with van der Waals surface area (Å²) in [5.41, 5.74) is 2.24. The molecule has 0 aromatic carbocycles. The molecule has 0 bridgehead atoms. The lowest BCUT2D eigenvalue weighted by Gasteiger charge is -2.34. The molecule has 4 rings (SSSR count). The smallest absolute Gasteiger partial charge is 0.267 e. The van der Waals surface area contributed by atoms with E-state index in [2.05, 4.69) is 24.3 Å². The van der Waals surface area contributed by atoms with E-state index in [1.54, 1.807) is 17.9 Å². The number of fused-ring (bicyclic) bond motifs is 1. The summed E-state index contributed by atoms with van der Waals surface area (Å²) >= 11 is 3.31. The summed E-state index contributed by atoms with van der Waals surface area (Å²) in [4.78, 5) is 21.5. The number of nitrogens with zero attached hydrogens (tertiary/aromatic N) is 6. The van der Waals surface area contributed by atoms with Crippen LogP contribution in [0.25, 0.3) is 0 Å². The predicted molar refractivity (Wildman–Crippen MR) is 108 cm³/mol. The Hall–Kier alpha value is -1.49. The number of methoxy groups -OCH3 is 1. The number of thioether (sulfide) groups is 1. The molecule has 1 saturated heterocycles. The fourth-order valence-electron chi connectivity index (χ4n) is 3.37. The highest BCUT2D eigenvalue weighted by Crippen LogP contribution is 2.21. The summed E-state index contributed by atoms with van der Waals surface area (Å²) in [6.07, 6.45) is 0.964. The van der Waals surface area contributed by atoms with Crippen molar-refractivity contribution in [2.75, 3.05) is 50.5 Å². The summed E-state index contributed by atoms with van der Waals surface area (Å²) < 4.78 is 11.0. The average Bonchev–Trinajstić information content (AvgIpc) is 3.16. The quantitative estimate of drug-likeness (QED) is 0.696. The molecule has 0 aliphatic carbocycles. The van der Waals surface area contributed by atoms with Crippen LogP contribution in [0.5, 0.6) is 0 Å². The normalized spacial score (nSPS) is 17.9. The van der Waals surface area contributed by atoms with Crippen LogP contribution < -0.4 is 10.5 Å². The van der Waals surface area contributed by atoms with Crippen molar-refractivity contribution in [1.82, 2.24) is 24.0 Å². The largest absolute Gasteiger partial charge is 0.377 e. The van der Waals surface area contributed by atoms with E-state index in [0.717, 1.165) is 72.9 Å². The van der Waals surface area contributed by atoms with Crippen LogP contribution in [0.1, 0.15) is 17.1 Å². The zero-order valence-electron chi connectivity index (χ0n) is 15.5. The lowest BCUT2D eigenvalue weighted by Crippen LogP contribution is -2.47. The van der Waals surface area contributed by atoms with Gasteiger partial charge < -0.3 is 9.64 Å². The number of aromatic nitrogens is 4. The Bertz CT molecular complexity index is 831. The second kappa shape index (κ2) is 8.68. The van der Waals surface area contributed by atoms with Crippen molar-refractivity contribution in [2.24, 2.45) is 0 Å². The molecule has 0 unspecified atom stereocenters. The Labute approximate surface area is 166 Å². The average molecular weight is 409 g/mol. The molecular formula is C17H24N6O2S2. The Morgan fingerprint density at radius 3 is 2.89 bits per heavy atom. The fraction of sp³-hybridized carbons (Fsp3) is 0.647. The molecule has 0 radical (unpaired) electrons. The van der Waals surface area contributed by atoms with Crippen molar-refractivity contribution in [2.45, 2.75) is 25.3 Å². The molecule has 146 valence electrons. The minimum Gasteiger partial charge on any atom is -0.377 e. The minimum absolute atomic E-state index is 0.0226. The highest BCUT2D eigenvalue weighted by molar-refractivity contribution is 7.98. The molecule has 0 amide bonds. The molecule has 0 atom stereocenters. The third kappa shape index (κ3) is 4.50. The number of rotatable bonds is 6. The first-order chi connectivity index (χ1) is 13.2. The third-order valence-corrected chi connectivity index (χ3v) is 6.73. The Morgan fingerprint density at radius 2 is 2.07 bits per heavy atom. The molecule has 2 aliphatic rings. The van der Waals surface area contributed by atoms with Gasteiger partial charge in [0.2, 0.25) is 5.13 Å². The lowest BCUT2D eigenvalue weighted by atomic mass is 10.2. The summed E-state index contributed by atoms with van der Waals surface area (Å²) in [6.45, 7) is 5.70. The van der Waals surface area contributed by atoms with Crippen LogP contribution in [0.15, 0.2) is 10.9 Å². The maximum Gasteiger partial charge on any atom is 0.267 e. The lowest BCUT2D eigenvalue weighted by molar-refractivity contribution is 0.179. The molecule has 10 heteroatoms. The Morgan fingerprint density at radius 1 is 1.22 bits per heavy atom. The molecule has 0 spiro atoms. The number of aryl methyl sites for hydroxylation is 1. The van der Waals surface area contributed by atoms with E-state index in [1.165, 1.54) is 11.5 Å². The van der Waals surface area contributed by atoms with Crippen LogP contribution >= 0.6 is 23.3 Å². The highest BCUT2D eigenvalue weighted by atomic mass is 32.2. The molecule has 1 fully saturated rings. The molecule has 2 aromatic heterocycles. The minimum atomic E-state index is 0.0226. The van der Waals surface area contributed by atoms with Crippen LogP contribution in [0.3, 0.4) is 0 Å². The Balaban J connectivity index is 1.30. The van der Waals surface area contributed by atoms with E-state index in [0.29, 0.717) is 13.2 Å². The van der Waals surface area contributed by atoms with Gasteiger partial charge >= 0.3 is 0 Å². The van der Waals surface area contributed by atoms with Gasteiger partial charge in [-0.1, -0.05) is 0 Å². The monoisotopic (exact) mass is 408 g/mol. The number of ether oxygens (including phenoxy) is 1. The van der Waals surface area contributed by atoms with Crippen molar-refractivity contribution in [3.8, 4) is 0 Å². The van der Waals surface area contributed by atoms with Crippen LogP contribution in [0, 0.1) is 0 Å². The first kappa shape index (κ1) is 18.9. The van der Waals surface area contributed by atoms with Gasteiger partial charge in [-0.15, -0.1) is 0 Å². The number of hydrogen-bond donors (Lipinski definition) is 0. The van der Waals surface area contributed by atoms with E-state index in [9.17, 15) is 4.79 Å². The molecule has 8 nitrogen and oxygen atoms in total. The van der Waals surface area contributed by atoms with Crippen molar-refractivity contribution >= 4 is 28.4 Å². The predicted octanol–water partition coefficient (Wildman–Crippen LogP) is 0.853. The molecular weight excluding hydrogens is 384 g/mol. The third-order valence-electron chi connectivity index (χ3n) is 4.91. The number of anilines is 1. The van der Waals surface area contributed by atoms with Gasteiger partial charge in [-0.2, -0.15) is 21.2 Å². The van der Waals surface area contributed by atoms with Gasteiger partial charge in [-0.05, 0) is 11.3 Å². The topological polar surface area (TPSA) is 76.4 Å². The van der Waals surface area contributed by atoms with Crippen LogP contribution in [0.4, 0.5) is 5.13 Å². The Kier molecular flexibility index (Phi) is 6.06. The van der Waals surface area contributed by atoms with Crippen molar-refractivity contribution in [1.29, 1.82) is 0 Å². The first-order valence-corrected chi connectivity index (χ1v) is 11.1. The van der Waals surface area contributed by atoms with Crippen LogP contribution in [-0.2, 0) is 30.1 Å². The van der Waals surface area contributed by atoms with Crippen LogP contribution in [0.2, 0.25) is 0 Å². The zero-order chi connectivity index (χ0) is 18.6. The van der Waals surface area contributed by atoms with Gasteiger partial charge in [0.15, 0.2) is 5.82 Å². The standard InChI is InChI=1S/C17H24N6O2S2/c1-25-11-15-18-17(27-20-15)22-6-3-21(4-7-22)5-8-23-16(24)10-13-12-26-9-2-14(13)19-23/h10H,2-9,11-12H2,1H3. The summed E-state index contributed by atoms with van der Waals surface area (Å²) in [7, 11) is 1.65. The van der Waals surface area contributed by atoms with Gasteiger partial charge in [0.05, 0.1) is 12.2 Å². The van der Waals surface area contributed by atoms with E-state index in [-0.39, 0.29) is 5.56 Å². The van der Waals surface area contributed by atoms with Crippen molar-refractivity contribution in [3.63, 3.8) is 0 Å². The van der Waals surface area contributed by atoms with Gasteiger partial charge in [-0.3, -0.25) is 9.69 Å². The maximum absolute atomic E-state index is 12.3. The number of piperazine rings is 1. The second-order valence-corrected chi connectivity index (χ2v) is 8.57. The van der Waals surface area contributed by atoms with E-state index < -0.39 is 0 Å². The van der Waals surface area contributed by atoms with Gasteiger partial charge in [0.25, 0.3) is 5.56 Å². The zero-order valence-corrected chi connectivity index (χ0v) is 17.1. The van der Waals surface area contributed by atoms with E-state index >= 15 is 0 Å². The van der Waals surface area contributed by atoms with Crippen molar-refractivity contribution < 1.29 is 4.74 Å². The maximum atomic E-state index is 12.3. The van der Waals surface area contributed by atoms with Gasteiger partial charge in [0, 0.05) is 69.6 Å². The van der Waals surface area contributed by atoms with Gasteiger partial charge in [0.1, 0.15) is 6.61 Å². The molecule has 4 heterocycles. The first-order valence-electron chi connectivity index (χ1n) is 9.19. The second-order valence-electron chi connectivity index (χ2n) is 6.74. The molecule has 27 heavy (non-hydrogen) atoms. The highest BCUT2D eigenvalue weighted by Gasteiger charge is 2.20. The van der Waals surface area contributed by atoms with Crippen molar-refractivity contribution in [3.05, 3.63) is 33.5 Å². The summed E-state index contributed by atoms with van der Waals surface area (Å²) in [5, 5.41) is 5.57. The fourth-order valence-corrected chi connectivity index (χ4v) is 5.05. The summed E-state index contributed by atoms with van der Waals surface area (Å²) in [6, 6.07) is 1.78. The molecule has 0 saturated carbocycles. The number of hydrogen-bond acceptors (Lipinski definition) is 9.